The van der Waals surface area contributed by atoms with Crippen LogP contribution in [0.4, 0.5) is 0 Å². The zero-order valence-electron chi connectivity index (χ0n) is 35.1. The second-order valence-corrected chi connectivity index (χ2v) is 21.7. The van der Waals surface area contributed by atoms with Crippen molar-refractivity contribution in [2.24, 2.45) is 50.2 Å². The molecule has 5 heteroatoms. The topological polar surface area (TPSA) is 66.4 Å². The van der Waals surface area contributed by atoms with Gasteiger partial charge in [0.1, 0.15) is 0 Å². The Kier molecular flexibility index (Phi) is 12.4. The van der Waals surface area contributed by atoms with Gasteiger partial charge in [-0.15, -0.1) is 0 Å². The van der Waals surface area contributed by atoms with Crippen molar-refractivity contribution in [3.63, 3.8) is 0 Å². The number of aliphatic hydroxyl groups excluding tert-OH is 1. The Balaban J connectivity index is 1.22. The van der Waals surface area contributed by atoms with E-state index in [2.05, 4.69) is 112 Å². The van der Waals surface area contributed by atoms with Gasteiger partial charge in [0, 0.05) is 28.9 Å². The lowest BCUT2D eigenvalue weighted by molar-refractivity contribution is -0.202. The van der Waals surface area contributed by atoms with Crippen LogP contribution in [0.25, 0.3) is 0 Å². The zero-order chi connectivity index (χ0) is 38.3. The van der Waals surface area contributed by atoms with Gasteiger partial charge in [0.25, 0.3) is 0 Å². The minimum absolute atomic E-state index is 0.0142. The standard InChI is InChI=1S/C47H75NO3S/c1-12-13-14-16-32(2)17-15-18-33(3)29-34(4)52-28-27-48-41(51)44(8)24-23-43(7)25-26-46(10)35(36(43)31-44)30-37(49)40-45(9)21-20-39(50)42(5,6)38(45)19-22-47(40,46)11/h12-13,17,29-30,34,36,38-40,50H,14-16,18-28,31H2,1-11H3,(H,48,51)/t34?,36-,38?,39-,40+,43+,44?,45-,46+,47+/m0/s1. The van der Waals surface area contributed by atoms with E-state index in [9.17, 15) is 14.7 Å². The molecule has 2 N–H and O–H groups in total. The van der Waals surface area contributed by atoms with E-state index in [-0.39, 0.29) is 50.9 Å². The molecular weight excluding hydrogens is 659 g/mol. The van der Waals surface area contributed by atoms with Crippen molar-refractivity contribution in [1.29, 1.82) is 0 Å². The van der Waals surface area contributed by atoms with Crippen LogP contribution in [0.1, 0.15) is 160 Å². The largest absolute Gasteiger partial charge is 0.393 e. The van der Waals surface area contributed by atoms with Crippen LogP contribution in [0.3, 0.4) is 0 Å². The van der Waals surface area contributed by atoms with Gasteiger partial charge in [-0.05, 0) is 156 Å². The van der Waals surface area contributed by atoms with Crippen LogP contribution < -0.4 is 5.32 Å². The number of hydrogen-bond acceptors (Lipinski definition) is 4. The fourth-order valence-electron chi connectivity index (χ4n) is 12.7. The molecule has 4 saturated carbocycles. The third-order valence-electron chi connectivity index (χ3n) is 16.4. The van der Waals surface area contributed by atoms with Crippen molar-refractivity contribution in [1.82, 2.24) is 5.32 Å². The monoisotopic (exact) mass is 734 g/mol. The second-order valence-electron chi connectivity index (χ2n) is 20.2. The number of nitrogens with one attached hydrogen (secondary N) is 1. The minimum Gasteiger partial charge on any atom is -0.393 e. The molecule has 0 radical (unpaired) electrons. The molecule has 52 heavy (non-hydrogen) atoms. The molecule has 1 amide bonds. The number of thioether (sulfide) groups is 1. The van der Waals surface area contributed by atoms with Gasteiger partial charge in [-0.3, -0.25) is 9.59 Å². The molecule has 4 nitrogen and oxygen atoms in total. The highest BCUT2D eigenvalue weighted by atomic mass is 32.2. The van der Waals surface area contributed by atoms with E-state index in [4.69, 9.17) is 0 Å². The molecular formula is C47H75NO3S. The van der Waals surface area contributed by atoms with E-state index in [0.717, 1.165) is 89.2 Å². The lowest BCUT2D eigenvalue weighted by atomic mass is 9.33. The first-order valence-corrected chi connectivity index (χ1v) is 22.1. The number of fused-ring (bicyclic) bond motifs is 7. The number of carbonyl (C=O) groups is 2. The molecule has 0 aromatic carbocycles. The molecule has 0 heterocycles. The average Bonchev–Trinajstić information content (AvgIpc) is 3.06. The summed E-state index contributed by atoms with van der Waals surface area (Å²) in [5, 5.41) is 14.8. The van der Waals surface area contributed by atoms with Crippen LogP contribution in [-0.4, -0.2) is 40.4 Å². The maximum atomic E-state index is 14.6. The predicted molar refractivity (Wildman–Crippen MR) is 221 cm³/mol. The normalized spacial score (nSPS) is 41.0. The number of rotatable bonds is 12. The lowest BCUT2D eigenvalue weighted by Gasteiger charge is -2.70. The van der Waals surface area contributed by atoms with Crippen LogP contribution in [0.15, 0.2) is 47.1 Å². The first-order valence-electron chi connectivity index (χ1n) is 21.1. The molecule has 3 unspecified atom stereocenters. The number of hydrogen-bond donors (Lipinski definition) is 2. The molecule has 0 saturated heterocycles. The number of aliphatic hydroxyl groups is 1. The Hall–Kier alpha value is -1.59. The number of ketones is 1. The Morgan fingerprint density at radius 1 is 0.962 bits per heavy atom. The second kappa shape index (κ2) is 15.5. The quantitative estimate of drug-likeness (QED) is 0.155. The molecule has 0 aromatic heterocycles. The molecule has 0 aliphatic heterocycles. The number of allylic oxidation sites excluding steroid dienone is 7. The Bertz CT molecular complexity index is 1470. The van der Waals surface area contributed by atoms with Gasteiger partial charge in [0.2, 0.25) is 5.91 Å². The first kappa shape index (κ1) is 41.6. The van der Waals surface area contributed by atoms with Gasteiger partial charge >= 0.3 is 0 Å². The molecule has 292 valence electrons. The third-order valence-corrected chi connectivity index (χ3v) is 17.5. The van der Waals surface area contributed by atoms with Gasteiger partial charge in [-0.2, -0.15) is 11.8 Å². The first-order chi connectivity index (χ1) is 24.3. The molecule has 4 fully saturated rings. The summed E-state index contributed by atoms with van der Waals surface area (Å²) in [7, 11) is 0. The van der Waals surface area contributed by atoms with Crippen molar-refractivity contribution < 1.29 is 14.7 Å². The van der Waals surface area contributed by atoms with Crippen LogP contribution >= 0.6 is 11.8 Å². The summed E-state index contributed by atoms with van der Waals surface area (Å²) in [5.74, 6) is 2.01. The Morgan fingerprint density at radius 2 is 1.65 bits per heavy atom. The number of amides is 1. The van der Waals surface area contributed by atoms with Gasteiger partial charge in [0.05, 0.1) is 6.10 Å². The SMILES string of the molecule is CC=CCCC(C)=CCCC(C)=CC(C)SCCNC(=O)C1(C)CC[C@]2(C)CC[C@]3(C)C(=CC(=O)[C@@H]4[C@@]5(C)CC[C@H](O)C(C)(C)C5CC[C@]43C)[C@@H]2C1. The van der Waals surface area contributed by atoms with E-state index in [0.29, 0.717) is 23.5 Å². The van der Waals surface area contributed by atoms with Gasteiger partial charge in [-0.1, -0.05) is 89.5 Å². The third kappa shape index (κ3) is 7.50. The van der Waals surface area contributed by atoms with Crippen molar-refractivity contribution in [2.75, 3.05) is 12.3 Å². The van der Waals surface area contributed by atoms with E-state index >= 15 is 0 Å². The van der Waals surface area contributed by atoms with E-state index in [1.54, 1.807) is 0 Å². The van der Waals surface area contributed by atoms with Crippen molar-refractivity contribution >= 4 is 23.5 Å². The smallest absolute Gasteiger partial charge is 0.225 e. The Morgan fingerprint density at radius 3 is 2.37 bits per heavy atom. The van der Waals surface area contributed by atoms with Gasteiger partial charge < -0.3 is 10.4 Å². The maximum Gasteiger partial charge on any atom is 0.225 e. The summed E-state index contributed by atoms with van der Waals surface area (Å²) in [5.41, 5.74) is 3.53. The minimum atomic E-state index is -0.428. The summed E-state index contributed by atoms with van der Waals surface area (Å²) < 4.78 is 0. The number of carbonyl (C=O) groups excluding carboxylic acids is 2. The molecule has 5 aliphatic carbocycles. The fourth-order valence-corrected chi connectivity index (χ4v) is 13.6. The van der Waals surface area contributed by atoms with Crippen molar-refractivity contribution in [3.05, 3.63) is 47.1 Å². The molecule has 10 atom stereocenters. The molecule has 0 aromatic rings. The average molecular weight is 734 g/mol. The van der Waals surface area contributed by atoms with Gasteiger partial charge in [0.15, 0.2) is 5.78 Å². The van der Waals surface area contributed by atoms with E-state index in [1.807, 2.05) is 11.8 Å². The summed E-state index contributed by atoms with van der Waals surface area (Å²) >= 11 is 1.92. The molecule has 5 rings (SSSR count). The Labute approximate surface area is 323 Å². The summed E-state index contributed by atoms with van der Waals surface area (Å²) in [6, 6.07) is 0. The van der Waals surface area contributed by atoms with E-state index in [1.165, 1.54) is 16.7 Å². The van der Waals surface area contributed by atoms with Crippen LogP contribution in [-0.2, 0) is 9.59 Å². The zero-order valence-corrected chi connectivity index (χ0v) is 35.9. The highest BCUT2D eigenvalue weighted by molar-refractivity contribution is 8.00. The lowest BCUT2D eigenvalue weighted by Crippen LogP contribution is -2.66. The van der Waals surface area contributed by atoms with Crippen molar-refractivity contribution in [2.45, 2.75) is 171 Å². The maximum absolute atomic E-state index is 14.6. The molecule has 0 bridgehead atoms. The molecule has 0 spiro atoms. The van der Waals surface area contributed by atoms with Crippen LogP contribution in [0.5, 0.6) is 0 Å². The van der Waals surface area contributed by atoms with Crippen molar-refractivity contribution in [3.8, 4) is 0 Å². The fraction of sp³-hybridized carbons (Fsp3) is 0.787. The van der Waals surface area contributed by atoms with E-state index < -0.39 is 5.41 Å². The molecule has 5 aliphatic rings. The highest BCUT2D eigenvalue weighted by Crippen LogP contribution is 2.75. The highest BCUT2D eigenvalue weighted by Gasteiger charge is 2.70. The predicted octanol–water partition coefficient (Wildman–Crippen LogP) is 11.6. The van der Waals surface area contributed by atoms with Crippen LogP contribution in [0, 0.1) is 50.2 Å². The van der Waals surface area contributed by atoms with Crippen LogP contribution in [0.2, 0.25) is 0 Å². The summed E-state index contributed by atoms with van der Waals surface area (Å²) in [6.07, 6.45) is 24.3. The summed E-state index contributed by atoms with van der Waals surface area (Å²) in [6.45, 7) is 26.0. The summed E-state index contributed by atoms with van der Waals surface area (Å²) in [4.78, 5) is 28.7. The van der Waals surface area contributed by atoms with Gasteiger partial charge in [-0.25, -0.2) is 0 Å².